The molecule has 126 valence electrons. The van der Waals surface area contributed by atoms with Gasteiger partial charge in [-0.3, -0.25) is 4.79 Å². The third-order valence-corrected chi connectivity index (χ3v) is 2.09. The maximum atomic E-state index is 12.7. The summed E-state index contributed by atoms with van der Waals surface area (Å²) in [6.45, 7) is 0. The summed E-state index contributed by atoms with van der Waals surface area (Å²) in [7, 11) is -0.285. The summed E-state index contributed by atoms with van der Waals surface area (Å²) in [5, 5.41) is -1.87. The number of alkyl halides is 11. The Hall–Kier alpha value is -1.37. The minimum Gasteiger partial charge on any atom is -0.265 e. The molecule has 0 heterocycles. The van der Waals surface area contributed by atoms with Gasteiger partial charge in [-0.2, -0.15) is 53.4 Å². The number of carbonyl (C=O) groups excluding carboxylic acids is 1. The van der Waals surface area contributed by atoms with Crippen molar-refractivity contribution in [2.24, 2.45) is 0 Å². The highest BCUT2D eigenvalue weighted by molar-refractivity contribution is 5.83. The van der Waals surface area contributed by atoms with Gasteiger partial charge in [-0.05, 0) is 0 Å². The summed E-state index contributed by atoms with van der Waals surface area (Å²) in [5.41, 5.74) is 0. The first kappa shape index (κ1) is 19.6. The zero-order valence-electron chi connectivity index (χ0n) is 9.39. The fourth-order valence-corrected chi connectivity index (χ4v) is 0.900. The molecule has 21 heavy (non-hydrogen) atoms. The molecule has 0 aromatic rings. The summed E-state index contributed by atoms with van der Waals surface area (Å²) in [4.78, 5) is 10.3. The van der Waals surface area contributed by atoms with E-state index in [9.17, 15) is 57.6 Å². The largest absolute Gasteiger partial charge is 0.460 e. The summed E-state index contributed by atoms with van der Waals surface area (Å²) < 4.78 is 148. The molecule has 0 atom stereocenters. The van der Waals surface area contributed by atoms with Gasteiger partial charge in [0.05, 0.1) is 0 Å². The lowest BCUT2D eigenvalue weighted by Gasteiger charge is -2.36. The monoisotopic (exact) mass is 345 g/mol. The second kappa shape index (κ2) is 4.83. The summed E-state index contributed by atoms with van der Waals surface area (Å²) in [6, 6.07) is 0. The zero-order chi connectivity index (χ0) is 17.7. The fourth-order valence-electron chi connectivity index (χ4n) is 0.900. The lowest BCUT2D eigenvalue weighted by Crippen LogP contribution is -2.68. The zero-order valence-corrected chi connectivity index (χ0v) is 9.39. The standard InChI is InChI=1S/C7H3F12NO/c1-20(19)2(21)3(8,9)4(10,11)5(12,13)6(14,15)7(16,17)18/h1H3. The van der Waals surface area contributed by atoms with Gasteiger partial charge >= 0.3 is 35.8 Å². The molecule has 0 bridgehead atoms. The van der Waals surface area contributed by atoms with E-state index in [1.807, 2.05) is 0 Å². The Labute approximate surface area is 107 Å². The van der Waals surface area contributed by atoms with E-state index in [4.69, 9.17) is 0 Å². The van der Waals surface area contributed by atoms with E-state index in [0.717, 1.165) is 0 Å². The number of rotatable bonds is 4. The summed E-state index contributed by atoms with van der Waals surface area (Å²) in [6.07, 6.45) is -7.33. The molecule has 0 aromatic heterocycles. The van der Waals surface area contributed by atoms with E-state index in [1.165, 1.54) is 0 Å². The summed E-state index contributed by atoms with van der Waals surface area (Å²) >= 11 is 0. The van der Waals surface area contributed by atoms with Crippen LogP contribution >= 0.6 is 0 Å². The second-order valence-electron chi connectivity index (χ2n) is 3.58. The van der Waals surface area contributed by atoms with Gasteiger partial charge in [0.15, 0.2) is 0 Å². The van der Waals surface area contributed by atoms with Crippen molar-refractivity contribution in [2.75, 3.05) is 7.05 Å². The van der Waals surface area contributed by atoms with E-state index < -0.39 is 40.9 Å². The molecule has 2 nitrogen and oxygen atoms in total. The van der Waals surface area contributed by atoms with Gasteiger partial charge in [0.2, 0.25) is 0 Å². The van der Waals surface area contributed by atoms with Gasteiger partial charge in [-0.15, -0.1) is 0 Å². The predicted octanol–water partition coefficient (Wildman–Crippen LogP) is 3.43. The van der Waals surface area contributed by atoms with Crippen LogP contribution in [0.3, 0.4) is 0 Å². The molecular weight excluding hydrogens is 342 g/mol. The summed E-state index contributed by atoms with van der Waals surface area (Å²) in [5.74, 6) is -33.5. The maximum absolute atomic E-state index is 12.7. The molecule has 14 heteroatoms. The lowest BCUT2D eigenvalue weighted by atomic mass is 9.97. The highest BCUT2D eigenvalue weighted by Crippen LogP contribution is 2.57. The SMILES string of the molecule is CN(F)C(=O)C(F)(F)C(F)(F)C(F)(F)C(F)(F)C(F)(F)F. The van der Waals surface area contributed by atoms with Crippen molar-refractivity contribution < 1.29 is 57.6 Å². The Morgan fingerprint density at radius 1 is 0.714 bits per heavy atom. The molecule has 0 radical (unpaired) electrons. The van der Waals surface area contributed by atoms with Crippen molar-refractivity contribution in [3.63, 3.8) is 0 Å². The molecule has 0 aromatic carbocycles. The maximum Gasteiger partial charge on any atom is 0.460 e. The molecule has 0 unspecified atom stereocenters. The first-order chi connectivity index (χ1) is 8.85. The van der Waals surface area contributed by atoms with Gasteiger partial charge in [0.25, 0.3) is 0 Å². The molecule has 0 spiro atoms. The third-order valence-electron chi connectivity index (χ3n) is 2.09. The lowest BCUT2D eigenvalue weighted by molar-refractivity contribution is -0.418. The molecule has 0 rings (SSSR count). The van der Waals surface area contributed by atoms with Crippen LogP contribution in [0.15, 0.2) is 0 Å². The number of amides is 1. The molecule has 1 amide bonds. The van der Waals surface area contributed by atoms with Crippen molar-refractivity contribution in [2.45, 2.75) is 29.9 Å². The molecule has 0 N–H and O–H groups in total. The average molecular weight is 345 g/mol. The van der Waals surface area contributed by atoms with Crippen molar-refractivity contribution in [3.8, 4) is 0 Å². The highest BCUT2D eigenvalue weighted by atomic mass is 19.4. The van der Waals surface area contributed by atoms with Gasteiger partial charge < -0.3 is 0 Å². The predicted molar refractivity (Wildman–Crippen MR) is 39.7 cm³/mol. The molecule has 0 fully saturated rings. The number of halogens is 12. The molecule has 0 aliphatic carbocycles. The number of hydrogen-bond donors (Lipinski definition) is 0. The fraction of sp³-hybridized carbons (Fsp3) is 0.857. The quantitative estimate of drug-likeness (QED) is 0.565. The molecule has 0 aliphatic heterocycles. The van der Waals surface area contributed by atoms with E-state index >= 15 is 0 Å². The molecule has 0 saturated carbocycles. The third kappa shape index (κ3) is 2.59. The minimum absolute atomic E-state index is 0.285. The Balaban J connectivity index is 6.07. The minimum atomic E-state index is -7.73. The van der Waals surface area contributed by atoms with Crippen LogP contribution in [0.1, 0.15) is 0 Å². The number of hydrogen-bond acceptors (Lipinski definition) is 1. The van der Waals surface area contributed by atoms with Crippen LogP contribution in [0.25, 0.3) is 0 Å². The normalized spacial score (nSPS) is 15.1. The number of carbonyl (C=O) groups is 1. The van der Waals surface area contributed by atoms with E-state index in [-0.39, 0.29) is 7.05 Å². The van der Waals surface area contributed by atoms with E-state index in [2.05, 4.69) is 0 Å². The van der Waals surface area contributed by atoms with Gasteiger partial charge in [0.1, 0.15) is 0 Å². The average Bonchev–Trinajstić information content (AvgIpc) is 2.25. The van der Waals surface area contributed by atoms with E-state index in [1.54, 1.807) is 0 Å². The number of nitrogens with zero attached hydrogens (tertiary/aromatic N) is 1. The molecule has 0 saturated heterocycles. The first-order valence-electron chi connectivity index (χ1n) is 4.37. The van der Waals surface area contributed by atoms with Gasteiger partial charge in [-0.25, -0.2) is 0 Å². The van der Waals surface area contributed by atoms with Crippen molar-refractivity contribution in [3.05, 3.63) is 0 Å². The van der Waals surface area contributed by atoms with E-state index in [0.29, 0.717) is 0 Å². The van der Waals surface area contributed by atoms with Crippen molar-refractivity contribution in [1.82, 2.24) is 5.12 Å². The van der Waals surface area contributed by atoms with Crippen LogP contribution < -0.4 is 0 Å². The van der Waals surface area contributed by atoms with Crippen molar-refractivity contribution in [1.29, 1.82) is 0 Å². The molecular formula is C7H3F12NO. The van der Waals surface area contributed by atoms with Crippen LogP contribution in [0.2, 0.25) is 0 Å². The topological polar surface area (TPSA) is 20.3 Å². The highest BCUT2D eigenvalue weighted by Gasteiger charge is 2.88. The van der Waals surface area contributed by atoms with Crippen molar-refractivity contribution >= 4 is 5.91 Å². The first-order valence-corrected chi connectivity index (χ1v) is 4.37. The van der Waals surface area contributed by atoms with Crippen LogP contribution in [0.4, 0.5) is 52.8 Å². The molecule has 0 aliphatic rings. The van der Waals surface area contributed by atoms with Crippen LogP contribution in [-0.2, 0) is 4.79 Å². The van der Waals surface area contributed by atoms with Crippen LogP contribution in [0, 0.1) is 0 Å². The van der Waals surface area contributed by atoms with Gasteiger partial charge in [-0.1, -0.05) is 4.48 Å². The Morgan fingerprint density at radius 3 is 1.29 bits per heavy atom. The van der Waals surface area contributed by atoms with Gasteiger partial charge in [0, 0.05) is 7.05 Å². The Kier molecular flexibility index (Phi) is 4.51. The Bertz CT molecular complexity index is 410. The second-order valence-corrected chi connectivity index (χ2v) is 3.58. The van der Waals surface area contributed by atoms with Crippen LogP contribution in [-0.4, -0.2) is 47.9 Å². The Morgan fingerprint density at radius 2 is 1.05 bits per heavy atom. The van der Waals surface area contributed by atoms with Crippen LogP contribution in [0.5, 0.6) is 0 Å². The smallest absolute Gasteiger partial charge is 0.265 e.